The summed E-state index contributed by atoms with van der Waals surface area (Å²) in [6.45, 7) is 8.36. The summed E-state index contributed by atoms with van der Waals surface area (Å²) in [6, 6.07) is 18.3. The van der Waals surface area contributed by atoms with Gasteiger partial charge in [0.1, 0.15) is 12.4 Å². The predicted molar refractivity (Wildman–Crippen MR) is 139 cm³/mol. The molecule has 2 aromatic carbocycles. The maximum Gasteiger partial charge on any atom is 0.243 e. The van der Waals surface area contributed by atoms with Gasteiger partial charge in [-0.3, -0.25) is 9.69 Å². The third-order valence-electron chi connectivity index (χ3n) is 5.80. The van der Waals surface area contributed by atoms with Gasteiger partial charge in [-0.1, -0.05) is 30.3 Å². The highest BCUT2D eigenvalue weighted by atomic mass is 32.1. The first-order chi connectivity index (χ1) is 16.7. The Morgan fingerprint density at radius 1 is 1.09 bits per heavy atom. The second-order valence-electron chi connectivity index (χ2n) is 8.36. The smallest absolute Gasteiger partial charge is 0.243 e. The lowest BCUT2D eigenvalue weighted by Gasteiger charge is -2.36. The molecule has 0 radical (unpaired) electrons. The van der Waals surface area contributed by atoms with Crippen LogP contribution < -0.4 is 15.0 Å². The van der Waals surface area contributed by atoms with Gasteiger partial charge in [0.25, 0.3) is 0 Å². The summed E-state index contributed by atoms with van der Waals surface area (Å²) in [5.74, 6) is 0.727. The van der Waals surface area contributed by atoms with Gasteiger partial charge in [0, 0.05) is 49.9 Å². The lowest BCUT2D eigenvalue weighted by Crippen LogP contribution is -2.47. The standard InChI is InChI=1S/C27H32N4O2S/c1-22-29-24(21-34-22)20-33-26-11-8-23(9-12-26)10-13-27(32)28-14-5-15-30-16-18-31(19-17-30)25-6-3-2-4-7-25/h2-4,6-13,21H,5,14-20H2,1H3,(H,28,32)/b13-10+. The van der Waals surface area contributed by atoms with Gasteiger partial charge in [0.2, 0.25) is 5.91 Å². The number of hydrogen-bond acceptors (Lipinski definition) is 6. The van der Waals surface area contributed by atoms with Gasteiger partial charge in [-0.2, -0.15) is 0 Å². The molecule has 1 saturated heterocycles. The summed E-state index contributed by atoms with van der Waals surface area (Å²) in [4.78, 5) is 21.5. The van der Waals surface area contributed by atoms with Gasteiger partial charge < -0.3 is 15.0 Å². The molecule has 1 amide bonds. The molecule has 34 heavy (non-hydrogen) atoms. The van der Waals surface area contributed by atoms with Crippen molar-refractivity contribution in [2.75, 3.05) is 44.2 Å². The molecule has 0 atom stereocenters. The van der Waals surface area contributed by atoms with Crippen LogP contribution in [0, 0.1) is 6.92 Å². The van der Waals surface area contributed by atoms with E-state index >= 15 is 0 Å². The zero-order valence-electron chi connectivity index (χ0n) is 19.7. The van der Waals surface area contributed by atoms with E-state index in [0.29, 0.717) is 13.2 Å². The molecule has 1 fully saturated rings. The molecule has 178 valence electrons. The molecule has 0 unspecified atom stereocenters. The molecule has 4 rings (SSSR count). The van der Waals surface area contributed by atoms with E-state index in [1.807, 2.05) is 42.6 Å². The van der Waals surface area contributed by atoms with Crippen LogP contribution in [0.2, 0.25) is 0 Å². The lowest BCUT2D eigenvalue weighted by atomic mass is 10.2. The van der Waals surface area contributed by atoms with Crippen LogP contribution in [0.3, 0.4) is 0 Å². The van der Waals surface area contributed by atoms with E-state index in [9.17, 15) is 4.79 Å². The maximum absolute atomic E-state index is 12.1. The average molecular weight is 477 g/mol. The Balaban J connectivity index is 1.10. The van der Waals surface area contributed by atoms with Crippen molar-refractivity contribution in [2.45, 2.75) is 20.0 Å². The van der Waals surface area contributed by atoms with Gasteiger partial charge in [-0.25, -0.2) is 4.98 Å². The Morgan fingerprint density at radius 2 is 1.85 bits per heavy atom. The number of amides is 1. The van der Waals surface area contributed by atoms with Crippen LogP contribution in [-0.4, -0.2) is 55.1 Å². The minimum Gasteiger partial charge on any atom is -0.487 e. The Morgan fingerprint density at radius 3 is 2.56 bits per heavy atom. The number of nitrogens with one attached hydrogen (secondary N) is 1. The second kappa shape index (κ2) is 12.3. The van der Waals surface area contributed by atoms with Gasteiger partial charge in [0.15, 0.2) is 0 Å². The first-order valence-corrected chi connectivity index (χ1v) is 12.7. The summed E-state index contributed by atoms with van der Waals surface area (Å²) < 4.78 is 5.76. The first-order valence-electron chi connectivity index (χ1n) is 11.8. The van der Waals surface area contributed by atoms with E-state index in [1.165, 1.54) is 5.69 Å². The third kappa shape index (κ3) is 7.43. The second-order valence-corrected chi connectivity index (χ2v) is 9.42. The Hall–Kier alpha value is -3.16. The zero-order valence-corrected chi connectivity index (χ0v) is 20.5. The number of piperazine rings is 1. The number of aromatic nitrogens is 1. The highest BCUT2D eigenvalue weighted by Crippen LogP contribution is 2.17. The van der Waals surface area contributed by atoms with Gasteiger partial charge >= 0.3 is 0 Å². The number of carbonyl (C=O) groups is 1. The summed E-state index contributed by atoms with van der Waals surface area (Å²) in [6.07, 6.45) is 4.37. The van der Waals surface area contributed by atoms with Gasteiger partial charge in [-0.15, -0.1) is 11.3 Å². The average Bonchev–Trinajstić information content (AvgIpc) is 3.30. The molecule has 7 heteroatoms. The molecule has 6 nitrogen and oxygen atoms in total. The topological polar surface area (TPSA) is 57.7 Å². The molecule has 3 aromatic rings. The number of carbonyl (C=O) groups excluding carboxylic acids is 1. The van der Waals surface area contributed by atoms with Crippen molar-refractivity contribution in [2.24, 2.45) is 0 Å². The highest BCUT2D eigenvalue weighted by Gasteiger charge is 2.16. The number of nitrogens with zero attached hydrogens (tertiary/aromatic N) is 3. The SMILES string of the molecule is Cc1nc(COc2ccc(/C=C/C(=O)NCCCN3CCN(c4ccccc4)CC3)cc2)cs1. The van der Waals surface area contributed by atoms with Crippen molar-refractivity contribution >= 4 is 29.0 Å². The summed E-state index contributed by atoms with van der Waals surface area (Å²) >= 11 is 1.62. The number of anilines is 1. The molecule has 1 aliphatic heterocycles. The number of thiazole rings is 1. The molecular formula is C27H32N4O2S. The Kier molecular flexibility index (Phi) is 8.71. The molecular weight excluding hydrogens is 444 g/mol. The van der Waals surface area contributed by atoms with Gasteiger partial charge in [0.05, 0.1) is 10.7 Å². The van der Waals surface area contributed by atoms with Crippen molar-refractivity contribution in [1.82, 2.24) is 15.2 Å². The van der Waals surface area contributed by atoms with Crippen LogP contribution in [-0.2, 0) is 11.4 Å². The van der Waals surface area contributed by atoms with Crippen LogP contribution in [0.5, 0.6) is 5.75 Å². The Bertz CT molecular complexity index is 1060. The minimum atomic E-state index is -0.0619. The number of hydrogen-bond donors (Lipinski definition) is 1. The molecule has 0 saturated carbocycles. The predicted octanol–water partition coefficient (Wildman–Crippen LogP) is 4.37. The number of benzene rings is 2. The minimum absolute atomic E-state index is 0.0619. The Labute approximate surface area is 205 Å². The summed E-state index contributed by atoms with van der Waals surface area (Å²) in [5.41, 5.74) is 3.20. The van der Waals surface area contributed by atoms with Crippen LogP contribution in [0.1, 0.15) is 22.7 Å². The van der Waals surface area contributed by atoms with E-state index < -0.39 is 0 Å². The number of aryl methyl sites for hydroxylation is 1. The molecule has 0 spiro atoms. The van der Waals surface area contributed by atoms with E-state index in [1.54, 1.807) is 17.4 Å². The quantitative estimate of drug-likeness (QED) is 0.348. The monoisotopic (exact) mass is 476 g/mol. The highest BCUT2D eigenvalue weighted by molar-refractivity contribution is 7.09. The van der Waals surface area contributed by atoms with Crippen molar-refractivity contribution in [3.63, 3.8) is 0 Å². The van der Waals surface area contributed by atoms with E-state index in [0.717, 1.165) is 61.2 Å². The van der Waals surface area contributed by atoms with E-state index in [4.69, 9.17) is 4.74 Å². The largest absolute Gasteiger partial charge is 0.487 e. The zero-order chi connectivity index (χ0) is 23.6. The molecule has 0 aliphatic carbocycles. The van der Waals surface area contributed by atoms with Crippen LogP contribution in [0.4, 0.5) is 5.69 Å². The van der Waals surface area contributed by atoms with Crippen LogP contribution >= 0.6 is 11.3 Å². The fourth-order valence-electron chi connectivity index (χ4n) is 3.92. The van der Waals surface area contributed by atoms with Crippen molar-refractivity contribution in [3.05, 3.63) is 82.3 Å². The molecule has 0 bridgehead atoms. The normalized spacial score (nSPS) is 14.4. The lowest BCUT2D eigenvalue weighted by molar-refractivity contribution is -0.116. The fraction of sp³-hybridized carbons (Fsp3) is 0.333. The van der Waals surface area contributed by atoms with Crippen molar-refractivity contribution < 1.29 is 9.53 Å². The molecule has 1 aliphatic rings. The summed E-state index contributed by atoms with van der Waals surface area (Å²) in [7, 11) is 0. The summed E-state index contributed by atoms with van der Waals surface area (Å²) in [5, 5.41) is 6.04. The van der Waals surface area contributed by atoms with Crippen LogP contribution in [0.25, 0.3) is 6.08 Å². The first kappa shape index (κ1) is 24.0. The molecule has 1 N–H and O–H groups in total. The molecule has 2 heterocycles. The van der Waals surface area contributed by atoms with E-state index in [2.05, 4.69) is 50.4 Å². The van der Waals surface area contributed by atoms with Crippen LogP contribution in [0.15, 0.2) is 66.1 Å². The van der Waals surface area contributed by atoms with Crippen molar-refractivity contribution in [1.29, 1.82) is 0 Å². The van der Waals surface area contributed by atoms with Crippen molar-refractivity contribution in [3.8, 4) is 5.75 Å². The number of para-hydroxylation sites is 1. The molecule has 1 aromatic heterocycles. The number of ether oxygens (including phenoxy) is 1. The maximum atomic E-state index is 12.1. The van der Waals surface area contributed by atoms with E-state index in [-0.39, 0.29) is 5.91 Å². The number of rotatable bonds is 10. The van der Waals surface area contributed by atoms with Gasteiger partial charge in [-0.05, 0) is 55.8 Å². The fourth-order valence-corrected chi connectivity index (χ4v) is 4.52. The third-order valence-corrected chi connectivity index (χ3v) is 6.63.